The Hall–Kier alpha value is -0.990. The lowest BCUT2D eigenvalue weighted by atomic mass is 10.1. The van der Waals surface area contributed by atoms with Crippen molar-refractivity contribution in [2.24, 2.45) is 0 Å². The fraction of sp³-hybridized carbons (Fsp3) is 0.182. The van der Waals surface area contributed by atoms with E-state index in [9.17, 15) is 4.79 Å². The Labute approximate surface area is 98.9 Å². The molecule has 1 N–H and O–H groups in total. The summed E-state index contributed by atoms with van der Waals surface area (Å²) in [5.41, 5.74) is 0.613. The summed E-state index contributed by atoms with van der Waals surface area (Å²) in [5.74, 6) is -0.273. The summed E-state index contributed by atoms with van der Waals surface area (Å²) < 4.78 is 0. The first-order chi connectivity index (χ1) is 7.16. The highest BCUT2D eigenvalue weighted by atomic mass is 35.5. The van der Waals surface area contributed by atoms with Crippen molar-refractivity contribution in [1.82, 2.24) is 5.32 Å². The van der Waals surface area contributed by atoms with Gasteiger partial charge in [-0.15, -0.1) is 18.2 Å². The summed E-state index contributed by atoms with van der Waals surface area (Å²) in [7, 11) is 0. The maximum Gasteiger partial charge on any atom is 0.242 e. The van der Waals surface area contributed by atoms with E-state index < -0.39 is 5.38 Å². The normalized spacial score (nSPS) is 11.9. The lowest BCUT2D eigenvalue weighted by Gasteiger charge is -2.10. The summed E-state index contributed by atoms with van der Waals surface area (Å²) >= 11 is 11.9. The van der Waals surface area contributed by atoms with E-state index in [-0.39, 0.29) is 5.91 Å². The summed E-state index contributed by atoms with van der Waals surface area (Å²) in [5, 5.41) is 2.34. The lowest BCUT2D eigenvalue weighted by molar-refractivity contribution is -0.120. The van der Waals surface area contributed by atoms with E-state index in [0.717, 1.165) is 0 Å². The highest BCUT2D eigenvalue weighted by Gasteiger charge is 2.18. The molecule has 80 valence electrons. The molecule has 1 aromatic rings. The van der Waals surface area contributed by atoms with Crippen molar-refractivity contribution in [2.45, 2.75) is 5.38 Å². The molecule has 0 radical (unpaired) electrons. The van der Waals surface area contributed by atoms with E-state index in [2.05, 4.69) is 11.9 Å². The number of carbonyl (C=O) groups is 1. The molecule has 2 nitrogen and oxygen atoms in total. The summed E-state index contributed by atoms with van der Waals surface area (Å²) in [6, 6.07) is 7.01. The number of nitrogens with one attached hydrogen (secondary N) is 1. The first-order valence-electron chi connectivity index (χ1n) is 4.44. The van der Waals surface area contributed by atoms with Gasteiger partial charge in [-0.05, 0) is 11.6 Å². The highest BCUT2D eigenvalue weighted by molar-refractivity contribution is 6.35. The highest BCUT2D eigenvalue weighted by Crippen LogP contribution is 2.27. The summed E-state index contributed by atoms with van der Waals surface area (Å²) in [6.45, 7) is 3.89. The number of carbonyl (C=O) groups excluding carboxylic acids is 1. The smallest absolute Gasteiger partial charge is 0.242 e. The van der Waals surface area contributed by atoms with E-state index in [1.807, 2.05) is 0 Å². The third-order valence-electron chi connectivity index (χ3n) is 1.83. The number of halogens is 2. The molecular weight excluding hydrogens is 233 g/mol. The molecule has 1 aromatic carbocycles. The van der Waals surface area contributed by atoms with E-state index in [1.165, 1.54) is 0 Å². The second kappa shape index (κ2) is 5.79. The van der Waals surface area contributed by atoms with E-state index in [0.29, 0.717) is 17.1 Å². The molecule has 0 saturated carbocycles. The van der Waals surface area contributed by atoms with Gasteiger partial charge in [0.25, 0.3) is 0 Å². The molecule has 0 bridgehead atoms. The minimum absolute atomic E-state index is 0.273. The predicted octanol–water partition coefficient (Wildman–Crippen LogP) is 2.92. The van der Waals surface area contributed by atoms with Crippen LogP contribution in [0.5, 0.6) is 0 Å². The Morgan fingerprint density at radius 1 is 1.53 bits per heavy atom. The molecule has 0 heterocycles. The van der Waals surface area contributed by atoms with Crippen LogP contribution in [0.15, 0.2) is 36.9 Å². The van der Waals surface area contributed by atoms with E-state index in [4.69, 9.17) is 23.2 Å². The third kappa shape index (κ3) is 3.26. The van der Waals surface area contributed by atoms with Gasteiger partial charge in [0.15, 0.2) is 0 Å². The van der Waals surface area contributed by atoms with Gasteiger partial charge in [-0.1, -0.05) is 35.9 Å². The molecule has 0 aromatic heterocycles. The second-order valence-corrected chi connectivity index (χ2v) is 3.76. The van der Waals surface area contributed by atoms with Gasteiger partial charge in [-0.2, -0.15) is 0 Å². The number of alkyl halides is 1. The minimum atomic E-state index is -0.765. The van der Waals surface area contributed by atoms with Crippen LogP contribution in [0.1, 0.15) is 10.9 Å². The van der Waals surface area contributed by atoms with Crippen LogP contribution in [0, 0.1) is 0 Å². The Kier molecular flexibility index (Phi) is 4.66. The third-order valence-corrected chi connectivity index (χ3v) is 2.61. The molecule has 0 spiro atoms. The molecule has 15 heavy (non-hydrogen) atoms. The Bertz CT molecular complexity index is 365. The predicted molar refractivity (Wildman–Crippen MR) is 63.3 cm³/mol. The number of hydrogen-bond donors (Lipinski definition) is 1. The van der Waals surface area contributed by atoms with Crippen LogP contribution in [0.4, 0.5) is 0 Å². The number of benzene rings is 1. The SMILES string of the molecule is C=CCNC(=O)C(Cl)c1ccccc1Cl. The zero-order chi connectivity index (χ0) is 11.3. The number of rotatable bonds is 4. The van der Waals surface area contributed by atoms with Crippen LogP contribution >= 0.6 is 23.2 Å². The molecule has 1 rings (SSSR count). The van der Waals surface area contributed by atoms with Gasteiger partial charge in [-0.3, -0.25) is 4.79 Å². The maximum atomic E-state index is 11.5. The van der Waals surface area contributed by atoms with Crippen LogP contribution in [0.3, 0.4) is 0 Å². The summed E-state index contributed by atoms with van der Waals surface area (Å²) in [6.07, 6.45) is 1.59. The molecule has 0 aliphatic carbocycles. The minimum Gasteiger partial charge on any atom is -0.351 e. The van der Waals surface area contributed by atoms with Gasteiger partial charge in [0.2, 0.25) is 5.91 Å². The van der Waals surface area contributed by atoms with Gasteiger partial charge in [0.05, 0.1) is 0 Å². The van der Waals surface area contributed by atoms with Gasteiger partial charge in [0, 0.05) is 11.6 Å². The van der Waals surface area contributed by atoms with Crippen LogP contribution in [0.2, 0.25) is 5.02 Å². The number of hydrogen-bond acceptors (Lipinski definition) is 1. The summed E-state index contributed by atoms with van der Waals surface area (Å²) in [4.78, 5) is 11.5. The zero-order valence-electron chi connectivity index (χ0n) is 8.04. The van der Waals surface area contributed by atoms with Crippen molar-refractivity contribution in [1.29, 1.82) is 0 Å². The quantitative estimate of drug-likeness (QED) is 0.640. The molecule has 0 fully saturated rings. The van der Waals surface area contributed by atoms with Crippen LogP contribution in [-0.4, -0.2) is 12.5 Å². The van der Waals surface area contributed by atoms with Gasteiger partial charge in [0.1, 0.15) is 5.38 Å². The fourth-order valence-corrected chi connectivity index (χ4v) is 1.65. The topological polar surface area (TPSA) is 29.1 Å². The van der Waals surface area contributed by atoms with Crippen LogP contribution in [-0.2, 0) is 4.79 Å². The van der Waals surface area contributed by atoms with Gasteiger partial charge < -0.3 is 5.32 Å². The number of amides is 1. The molecule has 1 amide bonds. The Balaban J connectivity index is 2.76. The van der Waals surface area contributed by atoms with Gasteiger partial charge >= 0.3 is 0 Å². The molecular formula is C11H11Cl2NO. The average molecular weight is 244 g/mol. The van der Waals surface area contributed by atoms with Crippen LogP contribution < -0.4 is 5.32 Å². The van der Waals surface area contributed by atoms with Crippen molar-refractivity contribution in [3.05, 3.63) is 47.5 Å². The largest absolute Gasteiger partial charge is 0.351 e. The van der Waals surface area contributed by atoms with Crippen molar-refractivity contribution < 1.29 is 4.79 Å². The van der Waals surface area contributed by atoms with Crippen molar-refractivity contribution in [3.8, 4) is 0 Å². The van der Waals surface area contributed by atoms with E-state index in [1.54, 1.807) is 30.3 Å². The second-order valence-electron chi connectivity index (χ2n) is 2.92. The van der Waals surface area contributed by atoms with Crippen LogP contribution in [0.25, 0.3) is 0 Å². The average Bonchev–Trinajstić information content (AvgIpc) is 2.25. The molecule has 4 heteroatoms. The molecule has 0 aliphatic heterocycles. The van der Waals surface area contributed by atoms with Gasteiger partial charge in [-0.25, -0.2) is 0 Å². The Morgan fingerprint density at radius 3 is 2.80 bits per heavy atom. The molecule has 0 saturated heterocycles. The van der Waals surface area contributed by atoms with Crippen molar-refractivity contribution >= 4 is 29.1 Å². The van der Waals surface area contributed by atoms with E-state index >= 15 is 0 Å². The zero-order valence-corrected chi connectivity index (χ0v) is 9.55. The fourth-order valence-electron chi connectivity index (χ4n) is 1.08. The lowest BCUT2D eigenvalue weighted by Crippen LogP contribution is -2.27. The molecule has 1 unspecified atom stereocenters. The first kappa shape index (κ1) is 12.1. The molecule has 0 aliphatic rings. The van der Waals surface area contributed by atoms with Crippen molar-refractivity contribution in [3.63, 3.8) is 0 Å². The molecule has 1 atom stereocenters. The monoisotopic (exact) mass is 243 g/mol. The standard InChI is InChI=1S/C11H11Cl2NO/c1-2-7-14-11(15)10(13)8-5-3-4-6-9(8)12/h2-6,10H,1,7H2,(H,14,15). The Morgan fingerprint density at radius 2 is 2.20 bits per heavy atom. The first-order valence-corrected chi connectivity index (χ1v) is 5.25. The maximum absolute atomic E-state index is 11.5. The van der Waals surface area contributed by atoms with Crippen molar-refractivity contribution in [2.75, 3.05) is 6.54 Å².